The summed E-state index contributed by atoms with van der Waals surface area (Å²) in [4.78, 5) is 16.2. The molecule has 0 radical (unpaired) electrons. The molecule has 0 unspecified atom stereocenters. The first-order valence-electron chi connectivity index (χ1n) is 6.77. The Morgan fingerprint density at radius 2 is 2.00 bits per heavy atom. The van der Waals surface area contributed by atoms with E-state index in [0.717, 1.165) is 22.4 Å². The molecule has 21 heavy (non-hydrogen) atoms. The Bertz CT molecular complexity index is 674. The summed E-state index contributed by atoms with van der Waals surface area (Å²) < 4.78 is 0. The normalized spacial score (nSPS) is 11.5. The van der Waals surface area contributed by atoms with Crippen LogP contribution in [0.25, 0.3) is 0 Å². The summed E-state index contributed by atoms with van der Waals surface area (Å²) in [7, 11) is 0. The summed E-state index contributed by atoms with van der Waals surface area (Å²) in [5.74, 6) is -0.990. The molecule has 1 N–H and O–H groups in total. The van der Waals surface area contributed by atoms with Crippen molar-refractivity contribution in [3.05, 3.63) is 59.4 Å². The van der Waals surface area contributed by atoms with Gasteiger partial charge in [0.15, 0.2) is 0 Å². The highest BCUT2D eigenvalue weighted by molar-refractivity contribution is 5.95. The number of rotatable bonds is 4. The summed E-state index contributed by atoms with van der Waals surface area (Å²) in [5, 5.41) is 12.1. The van der Waals surface area contributed by atoms with Gasteiger partial charge < -0.3 is 5.32 Å². The molecule has 0 aliphatic carbocycles. The molecular weight excluding hydrogens is 262 g/mol. The topological polar surface area (TPSA) is 65.8 Å². The Kier molecular flexibility index (Phi) is 4.68. The molecule has 4 heteroatoms. The molecule has 4 nitrogen and oxygen atoms in total. The molecule has 1 aromatic carbocycles. The zero-order valence-electron chi connectivity index (χ0n) is 12.1. The van der Waals surface area contributed by atoms with E-state index in [2.05, 4.69) is 16.4 Å². The van der Waals surface area contributed by atoms with Gasteiger partial charge in [0, 0.05) is 18.1 Å². The molecule has 0 aliphatic rings. The number of aromatic nitrogens is 1. The van der Waals surface area contributed by atoms with Crippen LogP contribution in [0.4, 0.5) is 5.69 Å². The third-order valence-electron chi connectivity index (χ3n) is 3.31. The highest BCUT2D eigenvalue weighted by Crippen LogP contribution is 2.18. The van der Waals surface area contributed by atoms with Crippen LogP contribution in [0.3, 0.4) is 0 Å². The number of carbonyl (C=O) groups excluding carboxylic acids is 1. The van der Waals surface area contributed by atoms with E-state index in [1.165, 1.54) is 0 Å². The zero-order chi connectivity index (χ0) is 15.2. The van der Waals surface area contributed by atoms with Gasteiger partial charge in [-0.15, -0.1) is 0 Å². The second kappa shape index (κ2) is 6.67. The Labute approximate surface area is 124 Å². The van der Waals surface area contributed by atoms with Crippen LogP contribution in [0.5, 0.6) is 0 Å². The van der Waals surface area contributed by atoms with Crippen LogP contribution in [-0.4, -0.2) is 10.9 Å². The molecule has 1 heterocycles. The molecule has 2 aromatic rings. The van der Waals surface area contributed by atoms with Gasteiger partial charge in [-0.25, -0.2) is 0 Å². The van der Waals surface area contributed by atoms with Crippen molar-refractivity contribution in [2.24, 2.45) is 5.92 Å². The SMILES string of the molecule is Cc1ccc(C)c(NC(=O)[C@@H](C#N)Cc2ccncc2)c1. The average molecular weight is 279 g/mol. The van der Waals surface area contributed by atoms with E-state index < -0.39 is 5.92 Å². The summed E-state index contributed by atoms with van der Waals surface area (Å²) in [6.07, 6.45) is 3.70. The van der Waals surface area contributed by atoms with Crippen molar-refractivity contribution >= 4 is 11.6 Å². The highest BCUT2D eigenvalue weighted by atomic mass is 16.1. The zero-order valence-corrected chi connectivity index (χ0v) is 12.1. The van der Waals surface area contributed by atoms with E-state index in [1.54, 1.807) is 12.4 Å². The van der Waals surface area contributed by atoms with Crippen LogP contribution in [-0.2, 0) is 11.2 Å². The summed E-state index contributed by atoms with van der Waals surface area (Å²) in [5.41, 5.74) is 3.73. The van der Waals surface area contributed by atoms with Gasteiger partial charge in [0.05, 0.1) is 6.07 Å². The Balaban J connectivity index is 2.10. The monoisotopic (exact) mass is 279 g/mol. The number of nitriles is 1. The Hall–Kier alpha value is -2.67. The van der Waals surface area contributed by atoms with Gasteiger partial charge in [0.1, 0.15) is 5.92 Å². The lowest BCUT2D eigenvalue weighted by molar-refractivity contribution is -0.118. The van der Waals surface area contributed by atoms with E-state index in [1.807, 2.05) is 44.2 Å². The van der Waals surface area contributed by atoms with Gasteiger partial charge in [-0.05, 0) is 55.2 Å². The number of benzene rings is 1. The maximum atomic E-state index is 12.3. The fourth-order valence-electron chi connectivity index (χ4n) is 2.04. The van der Waals surface area contributed by atoms with Crippen LogP contribution in [0.1, 0.15) is 16.7 Å². The first kappa shape index (κ1) is 14.7. The van der Waals surface area contributed by atoms with E-state index in [0.29, 0.717) is 6.42 Å². The number of hydrogen-bond donors (Lipinski definition) is 1. The fourth-order valence-corrected chi connectivity index (χ4v) is 2.04. The molecule has 1 amide bonds. The molecule has 1 atom stereocenters. The van der Waals surface area contributed by atoms with Crippen LogP contribution in [0, 0.1) is 31.1 Å². The number of nitrogens with one attached hydrogen (secondary N) is 1. The average Bonchev–Trinajstić information content (AvgIpc) is 2.49. The molecule has 0 saturated carbocycles. The largest absolute Gasteiger partial charge is 0.325 e. The van der Waals surface area contributed by atoms with E-state index >= 15 is 0 Å². The highest BCUT2D eigenvalue weighted by Gasteiger charge is 2.19. The van der Waals surface area contributed by atoms with E-state index in [-0.39, 0.29) is 5.91 Å². The van der Waals surface area contributed by atoms with Crippen LogP contribution >= 0.6 is 0 Å². The van der Waals surface area contributed by atoms with Crippen molar-refractivity contribution < 1.29 is 4.79 Å². The standard InChI is InChI=1S/C17H17N3O/c1-12-3-4-13(2)16(9-12)20-17(21)15(11-18)10-14-5-7-19-8-6-14/h3-9,15H,10H2,1-2H3,(H,20,21)/t15-/m1/s1. The van der Waals surface area contributed by atoms with Crippen LogP contribution in [0.15, 0.2) is 42.7 Å². The lowest BCUT2D eigenvalue weighted by Gasteiger charge is -2.12. The number of nitrogens with zero attached hydrogens (tertiary/aromatic N) is 2. The lowest BCUT2D eigenvalue weighted by Crippen LogP contribution is -2.23. The van der Waals surface area contributed by atoms with Gasteiger partial charge in [-0.3, -0.25) is 9.78 Å². The number of carbonyl (C=O) groups is 1. The maximum absolute atomic E-state index is 12.3. The first-order chi connectivity index (χ1) is 10.1. The number of amides is 1. The quantitative estimate of drug-likeness (QED) is 0.935. The third kappa shape index (κ3) is 3.90. The Morgan fingerprint density at radius 3 is 2.67 bits per heavy atom. The van der Waals surface area contributed by atoms with Gasteiger partial charge in [-0.2, -0.15) is 5.26 Å². The minimum atomic E-state index is -0.715. The van der Waals surface area contributed by atoms with Crippen molar-refractivity contribution in [2.75, 3.05) is 5.32 Å². The Morgan fingerprint density at radius 1 is 1.29 bits per heavy atom. The molecule has 1 aromatic heterocycles. The number of anilines is 1. The van der Waals surface area contributed by atoms with E-state index in [9.17, 15) is 10.1 Å². The van der Waals surface area contributed by atoms with Crippen molar-refractivity contribution in [2.45, 2.75) is 20.3 Å². The fraction of sp³-hybridized carbons (Fsp3) is 0.235. The summed E-state index contributed by atoms with van der Waals surface area (Å²) in [6, 6.07) is 11.6. The lowest BCUT2D eigenvalue weighted by atomic mass is 10.0. The van der Waals surface area contributed by atoms with E-state index in [4.69, 9.17) is 0 Å². The van der Waals surface area contributed by atoms with Crippen molar-refractivity contribution in [1.29, 1.82) is 5.26 Å². The maximum Gasteiger partial charge on any atom is 0.242 e. The predicted octanol–water partition coefficient (Wildman–Crippen LogP) is 3.02. The predicted molar refractivity (Wildman–Crippen MR) is 81.6 cm³/mol. The van der Waals surface area contributed by atoms with Crippen molar-refractivity contribution in [3.63, 3.8) is 0 Å². The van der Waals surface area contributed by atoms with Gasteiger partial charge in [0.2, 0.25) is 5.91 Å². The molecule has 0 bridgehead atoms. The second-order valence-electron chi connectivity index (χ2n) is 5.05. The second-order valence-corrected chi connectivity index (χ2v) is 5.05. The van der Waals surface area contributed by atoms with Gasteiger partial charge >= 0.3 is 0 Å². The first-order valence-corrected chi connectivity index (χ1v) is 6.77. The minimum absolute atomic E-state index is 0.275. The smallest absolute Gasteiger partial charge is 0.242 e. The summed E-state index contributed by atoms with van der Waals surface area (Å²) >= 11 is 0. The van der Waals surface area contributed by atoms with Crippen LogP contribution in [0.2, 0.25) is 0 Å². The molecule has 0 saturated heterocycles. The van der Waals surface area contributed by atoms with Crippen LogP contribution < -0.4 is 5.32 Å². The summed E-state index contributed by atoms with van der Waals surface area (Å²) in [6.45, 7) is 3.90. The molecular formula is C17H17N3O. The van der Waals surface area contributed by atoms with Crippen molar-refractivity contribution in [3.8, 4) is 6.07 Å². The van der Waals surface area contributed by atoms with Gasteiger partial charge in [0.25, 0.3) is 0 Å². The number of aryl methyl sites for hydroxylation is 2. The molecule has 2 rings (SSSR count). The molecule has 106 valence electrons. The third-order valence-corrected chi connectivity index (χ3v) is 3.31. The molecule has 0 aliphatic heterocycles. The van der Waals surface area contributed by atoms with Gasteiger partial charge in [-0.1, -0.05) is 12.1 Å². The minimum Gasteiger partial charge on any atom is -0.325 e. The van der Waals surface area contributed by atoms with Crippen molar-refractivity contribution in [1.82, 2.24) is 4.98 Å². The molecule has 0 fully saturated rings. The number of hydrogen-bond acceptors (Lipinski definition) is 3. The number of pyridine rings is 1. The molecule has 0 spiro atoms.